The molecule has 1 aromatic carbocycles. The van der Waals surface area contributed by atoms with Gasteiger partial charge in [0.25, 0.3) is 5.78 Å². The Morgan fingerprint density at radius 1 is 1.10 bits per heavy atom. The summed E-state index contributed by atoms with van der Waals surface area (Å²) in [5, 5.41) is 0. The molecule has 0 aromatic heterocycles. The molecule has 1 aromatic rings. The van der Waals surface area contributed by atoms with E-state index in [1.807, 2.05) is 0 Å². The number of ketones is 1. The monoisotopic (exact) mass is 346 g/mol. The zero-order chi connectivity index (χ0) is 15.3. The molecular weight excluding hydrogens is 332 g/mol. The molecular formula is C13H15BrO6. The highest BCUT2D eigenvalue weighted by Gasteiger charge is 2.28. The molecule has 7 heteroatoms. The Morgan fingerprint density at radius 2 is 1.70 bits per heavy atom. The first-order valence-electron chi connectivity index (χ1n) is 5.71. The minimum absolute atomic E-state index is 0.0311. The van der Waals surface area contributed by atoms with Crippen molar-refractivity contribution in [3.63, 3.8) is 0 Å². The van der Waals surface area contributed by atoms with E-state index in [2.05, 4.69) is 15.9 Å². The van der Waals surface area contributed by atoms with E-state index in [1.165, 1.54) is 27.4 Å². The van der Waals surface area contributed by atoms with Gasteiger partial charge >= 0.3 is 5.97 Å². The lowest BCUT2D eigenvalue weighted by Gasteiger charge is -2.15. The van der Waals surface area contributed by atoms with Crippen molar-refractivity contribution >= 4 is 27.7 Å². The first kappa shape index (κ1) is 16.3. The number of hydrogen-bond donors (Lipinski definition) is 0. The molecule has 110 valence electrons. The number of methoxy groups -OCH3 is 3. The quantitative estimate of drug-likeness (QED) is 0.446. The van der Waals surface area contributed by atoms with Crippen LogP contribution in [0, 0.1) is 0 Å². The second-order valence-electron chi connectivity index (χ2n) is 3.55. The summed E-state index contributed by atoms with van der Waals surface area (Å²) in [5.74, 6) is -0.930. The van der Waals surface area contributed by atoms with Crippen LogP contribution in [0.2, 0.25) is 0 Å². The topological polar surface area (TPSA) is 71.1 Å². The Hall–Kier alpha value is -1.76. The van der Waals surface area contributed by atoms with Crippen LogP contribution >= 0.6 is 15.9 Å². The van der Waals surface area contributed by atoms with Crippen molar-refractivity contribution in [1.82, 2.24) is 0 Å². The van der Waals surface area contributed by atoms with E-state index in [9.17, 15) is 9.59 Å². The van der Waals surface area contributed by atoms with Crippen LogP contribution in [0.25, 0.3) is 0 Å². The number of Topliss-reactive ketones (excluding diaryl/α,β-unsaturated/α-hetero) is 1. The van der Waals surface area contributed by atoms with Crippen molar-refractivity contribution in [1.29, 1.82) is 0 Å². The standard InChI is InChI=1S/C13H15BrO6/c1-5-20-13(16)11(15)9-7(17-2)6-8(18-3)12(19-4)10(9)14/h6H,5H2,1-4H3. The Morgan fingerprint density at radius 3 is 2.15 bits per heavy atom. The first-order chi connectivity index (χ1) is 9.51. The van der Waals surface area contributed by atoms with E-state index >= 15 is 0 Å². The van der Waals surface area contributed by atoms with Crippen molar-refractivity contribution in [3.05, 3.63) is 16.1 Å². The van der Waals surface area contributed by atoms with E-state index in [-0.39, 0.29) is 22.4 Å². The lowest BCUT2D eigenvalue weighted by Crippen LogP contribution is -2.19. The largest absolute Gasteiger partial charge is 0.496 e. The predicted octanol–water partition coefficient (Wildman–Crippen LogP) is 2.22. The van der Waals surface area contributed by atoms with Crippen LogP contribution in [0.3, 0.4) is 0 Å². The molecule has 0 heterocycles. The molecule has 1 rings (SSSR count). The number of rotatable bonds is 6. The number of benzene rings is 1. The smallest absolute Gasteiger partial charge is 0.379 e. The van der Waals surface area contributed by atoms with E-state index in [1.54, 1.807) is 6.92 Å². The number of halogens is 1. The molecule has 0 saturated carbocycles. The molecule has 0 amide bonds. The van der Waals surface area contributed by atoms with E-state index in [0.717, 1.165) is 0 Å². The van der Waals surface area contributed by atoms with Crippen LogP contribution in [-0.4, -0.2) is 39.7 Å². The molecule has 0 N–H and O–H groups in total. The molecule has 0 aliphatic carbocycles. The molecule has 6 nitrogen and oxygen atoms in total. The highest BCUT2D eigenvalue weighted by molar-refractivity contribution is 9.10. The van der Waals surface area contributed by atoms with Gasteiger partial charge in [0.05, 0.1) is 38.0 Å². The minimum Gasteiger partial charge on any atom is -0.496 e. The van der Waals surface area contributed by atoms with Gasteiger partial charge in [-0.2, -0.15) is 0 Å². The Bertz CT molecular complexity index is 526. The summed E-state index contributed by atoms with van der Waals surface area (Å²) >= 11 is 3.23. The van der Waals surface area contributed by atoms with Crippen molar-refractivity contribution in [2.75, 3.05) is 27.9 Å². The van der Waals surface area contributed by atoms with Gasteiger partial charge in [-0.05, 0) is 22.9 Å². The average Bonchev–Trinajstić information content (AvgIpc) is 2.45. The van der Waals surface area contributed by atoms with Gasteiger partial charge < -0.3 is 18.9 Å². The summed E-state index contributed by atoms with van der Waals surface area (Å²) in [6.07, 6.45) is 0. The SMILES string of the molecule is CCOC(=O)C(=O)c1c(OC)cc(OC)c(OC)c1Br. The first-order valence-corrected chi connectivity index (χ1v) is 6.50. The fourth-order valence-electron chi connectivity index (χ4n) is 1.60. The van der Waals surface area contributed by atoms with Gasteiger partial charge in [0, 0.05) is 6.07 Å². The van der Waals surface area contributed by atoms with Crippen LogP contribution < -0.4 is 14.2 Å². The van der Waals surface area contributed by atoms with Gasteiger partial charge in [0.2, 0.25) is 0 Å². The zero-order valence-electron chi connectivity index (χ0n) is 11.6. The van der Waals surface area contributed by atoms with Crippen molar-refractivity contribution in [3.8, 4) is 17.2 Å². The number of ether oxygens (including phenoxy) is 4. The molecule has 0 spiro atoms. The van der Waals surface area contributed by atoms with E-state index < -0.39 is 11.8 Å². The number of esters is 1. The molecule has 0 unspecified atom stereocenters. The summed E-state index contributed by atoms with van der Waals surface area (Å²) in [7, 11) is 4.26. The summed E-state index contributed by atoms with van der Waals surface area (Å²) in [4.78, 5) is 23.7. The summed E-state index contributed by atoms with van der Waals surface area (Å²) in [6.45, 7) is 1.73. The van der Waals surface area contributed by atoms with Crippen LogP contribution in [0.1, 0.15) is 17.3 Å². The van der Waals surface area contributed by atoms with Crippen LogP contribution in [0.15, 0.2) is 10.5 Å². The fraction of sp³-hybridized carbons (Fsp3) is 0.385. The van der Waals surface area contributed by atoms with Crippen LogP contribution in [0.5, 0.6) is 17.2 Å². The van der Waals surface area contributed by atoms with Gasteiger partial charge in [-0.1, -0.05) is 0 Å². The highest BCUT2D eigenvalue weighted by atomic mass is 79.9. The van der Waals surface area contributed by atoms with E-state index in [0.29, 0.717) is 11.5 Å². The fourth-order valence-corrected chi connectivity index (χ4v) is 2.33. The second-order valence-corrected chi connectivity index (χ2v) is 4.35. The van der Waals surface area contributed by atoms with Gasteiger partial charge in [0.1, 0.15) is 5.75 Å². The van der Waals surface area contributed by atoms with Crippen LogP contribution in [-0.2, 0) is 9.53 Å². The molecule has 0 radical (unpaired) electrons. The number of carbonyl (C=O) groups is 2. The van der Waals surface area contributed by atoms with Crippen LogP contribution in [0.4, 0.5) is 0 Å². The summed E-state index contributed by atoms with van der Waals surface area (Å²) in [6, 6.07) is 1.47. The predicted molar refractivity (Wildman–Crippen MR) is 74.8 cm³/mol. The molecule has 0 bridgehead atoms. The van der Waals surface area contributed by atoms with Crippen molar-refractivity contribution < 1.29 is 28.5 Å². The zero-order valence-corrected chi connectivity index (χ0v) is 13.2. The van der Waals surface area contributed by atoms with Gasteiger partial charge in [-0.3, -0.25) is 4.79 Å². The second kappa shape index (κ2) is 7.14. The molecule has 0 atom stereocenters. The third-order valence-corrected chi connectivity index (χ3v) is 3.24. The molecule has 0 saturated heterocycles. The third kappa shape index (κ3) is 3.04. The Kier molecular flexibility index (Phi) is 5.82. The Labute approximate surface area is 125 Å². The molecule has 0 aliphatic heterocycles. The Balaban J connectivity index is 3.44. The lowest BCUT2D eigenvalue weighted by atomic mass is 10.1. The maximum absolute atomic E-state index is 12.1. The molecule has 0 fully saturated rings. The third-order valence-electron chi connectivity index (χ3n) is 2.48. The van der Waals surface area contributed by atoms with Crippen molar-refractivity contribution in [2.45, 2.75) is 6.92 Å². The molecule has 0 aliphatic rings. The summed E-state index contributed by atoms with van der Waals surface area (Å²) in [5.41, 5.74) is 0.0311. The number of carbonyl (C=O) groups excluding carboxylic acids is 2. The average molecular weight is 347 g/mol. The van der Waals surface area contributed by atoms with Gasteiger partial charge in [-0.25, -0.2) is 4.79 Å². The van der Waals surface area contributed by atoms with E-state index in [4.69, 9.17) is 18.9 Å². The molecule has 20 heavy (non-hydrogen) atoms. The summed E-state index contributed by atoms with van der Waals surface area (Å²) < 4.78 is 20.4. The number of hydrogen-bond acceptors (Lipinski definition) is 6. The van der Waals surface area contributed by atoms with Gasteiger partial charge in [0.15, 0.2) is 11.5 Å². The van der Waals surface area contributed by atoms with Gasteiger partial charge in [-0.15, -0.1) is 0 Å². The normalized spacial score (nSPS) is 9.85. The minimum atomic E-state index is -0.960. The highest BCUT2D eigenvalue weighted by Crippen LogP contribution is 2.43. The van der Waals surface area contributed by atoms with Crippen molar-refractivity contribution in [2.24, 2.45) is 0 Å². The maximum Gasteiger partial charge on any atom is 0.379 e. The lowest BCUT2D eigenvalue weighted by molar-refractivity contribution is -0.137. The maximum atomic E-state index is 12.1.